The Morgan fingerprint density at radius 3 is 2.47 bits per heavy atom. The molecule has 0 unspecified atom stereocenters. The molecule has 0 aliphatic rings. The van der Waals surface area contributed by atoms with Gasteiger partial charge in [-0.15, -0.1) is 0 Å². The second-order valence-electron chi connectivity index (χ2n) is 6.81. The standard InChI is InChI=1S/C24H15ClF4N2O/c25-20-9-8-15(10-16-4-1-2-7-22(16)26)17(12-20)11-18(14-30)23(32)31-21-6-3-5-19(13-21)24(27,28)29/h1-9,11-13H,10H2,(H,31,32)/b18-11+. The van der Waals surface area contributed by atoms with Gasteiger partial charge in [0.1, 0.15) is 17.5 Å². The van der Waals surface area contributed by atoms with Crippen molar-refractivity contribution in [3.63, 3.8) is 0 Å². The molecule has 3 rings (SSSR count). The summed E-state index contributed by atoms with van der Waals surface area (Å²) in [4.78, 5) is 12.5. The van der Waals surface area contributed by atoms with Crippen LogP contribution in [0.5, 0.6) is 0 Å². The third-order valence-corrected chi connectivity index (χ3v) is 4.79. The molecule has 8 heteroatoms. The lowest BCUT2D eigenvalue weighted by atomic mass is 9.98. The number of hydrogen-bond acceptors (Lipinski definition) is 2. The smallest absolute Gasteiger partial charge is 0.321 e. The van der Waals surface area contributed by atoms with Crippen molar-refractivity contribution in [2.75, 3.05) is 5.32 Å². The minimum absolute atomic E-state index is 0.108. The number of halogens is 5. The summed E-state index contributed by atoms with van der Waals surface area (Å²) < 4.78 is 52.7. The van der Waals surface area contributed by atoms with E-state index in [4.69, 9.17) is 11.6 Å². The molecule has 0 saturated carbocycles. The highest BCUT2D eigenvalue weighted by Crippen LogP contribution is 2.31. The molecular formula is C24H15ClF4N2O. The van der Waals surface area contributed by atoms with Crippen LogP contribution in [0.3, 0.4) is 0 Å². The summed E-state index contributed by atoms with van der Waals surface area (Å²) in [5.74, 6) is -1.29. The summed E-state index contributed by atoms with van der Waals surface area (Å²) in [5, 5.41) is 12.1. The number of nitriles is 1. The van der Waals surface area contributed by atoms with Crippen molar-refractivity contribution in [3.05, 3.63) is 105 Å². The van der Waals surface area contributed by atoms with Gasteiger partial charge in [0.15, 0.2) is 0 Å². The van der Waals surface area contributed by atoms with Crippen LogP contribution in [-0.2, 0) is 17.4 Å². The number of carbonyl (C=O) groups is 1. The van der Waals surface area contributed by atoms with Crippen molar-refractivity contribution in [3.8, 4) is 6.07 Å². The Labute approximate surface area is 186 Å². The molecule has 3 aromatic rings. The predicted molar refractivity (Wildman–Crippen MR) is 114 cm³/mol. The lowest BCUT2D eigenvalue weighted by Gasteiger charge is -2.11. The normalized spacial score (nSPS) is 11.7. The Balaban J connectivity index is 1.91. The summed E-state index contributed by atoms with van der Waals surface area (Å²) in [6.07, 6.45) is -3.12. The second kappa shape index (κ2) is 9.67. The third kappa shape index (κ3) is 5.74. The fourth-order valence-corrected chi connectivity index (χ4v) is 3.16. The molecule has 0 aliphatic carbocycles. The topological polar surface area (TPSA) is 52.9 Å². The Morgan fingerprint density at radius 2 is 1.78 bits per heavy atom. The fraction of sp³-hybridized carbons (Fsp3) is 0.0833. The molecule has 3 aromatic carbocycles. The van der Waals surface area contributed by atoms with Crippen molar-refractivity contribution < 1.29 is 22.4 Å². The summed E-state index contributed by atoms with van der Waals surface area (Å²) in [6, 6.07) is 16.8. The molecule has 0 spiro atoms. The third-order valence-electron chi connectivity index (χ3n) is 4.56. The first-order valence-corrected chi connectivity index (χ1v) is 9.67. The number of rotatable bonds is 5. The number of hydrogen-bond donors (Lipinski definition) is 1. The summed E-state index contributed by atoms with van der Waals surface area (Å²) in [7, 11) is 0. The molecule has 3 nitrogen and oxygen atoms in total. The zero-order chi connectivity index (χ0) is 23.3. The lowest BCUT2D eigenvalue weighted by molar-refractivity contribution is -0.137. The van der Waals surface area contributed by atoms with E-state index in [9.17, 15) is 27.6 Å². The summed E-state index contributed by atoms with van der Waals surface area (Å²) in [5.41, 5.74) is 0.0509. The van der Waals surface area contributed by atoms with Crippen LogP contribution in [0.2, 0.25) is 5.02 Å². The molecule has 0 atom stereocenters. The maximum atomic E-state index is 14.1. The van der Waals surface area contributed by atoms with Crippen molar-refractivity contribution in [1.29, 1.82) is 5.26 Å². The Hall–Kier alpha value is -3.63. The Morgan fingerprint density at radius 1 is 1.03 bits per heavy atom. The van der Waals surface area contributed by atoms with Gasteiger partial charge in [-0.2, -0.15) is 18.4 Å². The van der Waals surface area contributed by atoms with E-state index in [2.05, 4.69) is 5.32 Å². The molecule has 1 amide bonds. The highest BCUT2D eigenvalue weighted by atomic mass is 35.5. The van der Waals surface area contributed by atoms with Gasteiger partial charge in [0.05, 0.1) is 5.56 Å². The number of nitrogens with one attached hydrogen (secondary N) is 1. The average molecular weight is 459 g/mol. The van der Waals surface area contributed by atoms with Crippen molar-refractivity contribution in [1.82, 2.24) is 0 Å². The van der Waals surface area contributed by atoms with Gasteiger partial charge in [0, 0.05) is 17.1 Å². The number of nitrogens with zero attached hydrogens (tertiary/aromatic N) is 1. The average Bonchev–Trinajstić information content (AvgIpc) is 2.74. The SMILES string of the molecule is N#C/C(=C\c1cc(Cl)ccc1Cc1ccccc1F)C(=O)Nc1cccc(C(F)(F)F)c1. The summed E-state index contributed by atoms with van der Waals surface area (Å²) in [6.45, 7) is 0. The Bertz CT molecular complexity index is 1230. The van der Waals surface area contributed by atoms with Gasteiger partial charge in [-0.1, -0.05) is 41.9 Å². The molecule has 0 fully saturated rings. The van der Waals surface area contributed by atoms with E-state index in [0.29, 0.717) is 21.7 Å². The quantitative estimate of drug-likeness (QED) is 0.265. The van der Waals surface area contributed by atoms with Gasteiger partial charge in [-0.25, -0.2) is 4.39 Å². The van der Waals surface area contributed by atoms with E-state index in [1.54, 1.807) is 36.4 Å². The molecule has 0 heterocycles. The first-order valence-electron chi connectivity index (χ1n) is 9.29. The summed E-state index contributed by atoms with van der Waals surface area (Å²) >= 11 is 6.05. The molecule has 0 aromatic heterocycles. The highest BCUT2D eigenvalue weighted by Gasteiger charge is 2.30. The number of alkyl halides is 3. The van der Waals surface area contributed by atoms with Crippen LogP contribution in [0.25, 0.3) is 6.08 Å². The second-order valence-corrected chi connectivity index (χ2v) is 7.25. The van der Waals surface area contributed by atoms with E-state index < -0.39 is 23.5 Å². The van der Waals surface area contributed by atoms with Gasteiger partial charge in [0.25, 0.3) is 5.91 Å². The van der Waals surface area contributed by atoms with Gasteiger partial charge < -0.3 is 5.32 Å². The van der Waals surface area contributed by atoms with Crippen LogP contribution >= 0.6 is 11.6 Å². The molecule has 0 saturated heterocycles. The number of benzene rings is 3. The molecule has 0 bridgehead atoms. The van der Waals surface area contributed by atoms with E-state index in [1.807, 2.05) is 0 Å². The van der Waals surface area contributed by atoms with Crippen LogP contribution in [0.4, 0.5) is 23.2 Å². The van der Waals surface area contributed by atoms with Gasteiger partial charge in [-0.3, -0.25) is 4.79 Å². The number of amides is 1. The lowest BCUT2D eigenvalue weighted by Crippen LogP contribution is -2.14. The van der Waals surface area contributed by atoms with Gasteiger partial charge in [-0.05, 0) is 59.2 Å². The molecule has 32 heavy (non-hydrogen) atoms. The van der Waals surface area contributed by atoms with Crippen LogP contribution in [0.1, 0.15) is 22.3 Å². The number of anilines is 1. The zero-order valence-corrected chi connectivity index (χ0v) is 17.1. The molecule has 162 valence electrons. The first-order chi connectivity index (χ1) is 15.2. The predicted octanol–water partition coefficient (Wildman–Crippen LogP) is 6.63. The maximum absolute atomic E-state index is 14.1. The molecule has 0 radical (unpaired) electrons. The molecule has 0 aliphatic heterocycles. The van der Waals surface area contributed by atoms with E-state index in [0.717, 1.165) is 18.2 Å². The zero-order valence-electron chi connectivity index (χ0n) is 16.4. The van der Waals surface area contributed by atoms with Gasteiger partial charge >= 0.3 is 6.18 Å². The van der Waals surface area contributed by atoms with Crippen LogP contribution in [0.15, 0.2) is 72.3 Å². The fourth-order valence-electron chi connectivity index (χ4n) is 2.98. The monoisotopic (exact) mass is 458 g/mol. The van der Waals surface area contributed by atoms with Crippen LogP contribution in [-0.4, -0.2) is 5.91 Å². The van der Waals surface area contributed by atoms with E-state index in [1.165, 1.54) is 24.3 Å². The van der Waals surface area contributed by atoms with Gasteiger partial charge in [0.2, 0.25) is 0 Å². The highest BCUT2D eigenvalue weighted by molar-refractivity contribution is 6.30. The Kier molecular flexibility index (Phi) is 6.96. The van der Waals surface area contributed by atoms with E-state index >= 15 is 0 Å². The molecular weight excluding hydrogens is 444 g/mol. The van der Waals surface area contributed by atoms with Crippen molar-refractivity contribution >= 4 is 29.3 Å². The van der Waals surface area contributed by atoms with Crippen LogP contribution in [0, 0.1) is 17.1 Å². The molecule has 1 N–H and O–H groups in total. The van der Waals surface area contributed by atoms with Crippen molar-refractivity contribution in [2.24, 2.45) is 0 Å². The first kappa shape index (κ1) is 23.0. The largest absolute Gasteiger partial charge is 0.416 e. The van der Waals surface area contributed by atoms with Crippen LogP contribution < -0.4 is 5.32 Å². The number of carbonyl (C=O) groups excluding carboxylic acids is 1. The minimum Gasteiger partial charge on any atom is -0.321 e. The minimum atomic E-state index is -4.57. The van der Waals surface area contributed by atoms with E-state index in [-0.39, 0.29) is 17.7 Å². The maximum Gasteiger partial charge on any atom is 0.416 e. The van der Waals surface area contributed by atoms with Crippen molar-refractivity contribution in [2.45, 2.75) is 12.6 Å².